The van der Waals surface area contributed by atoms with Gasteiger partial charge in [-0.2, -0.15) is 0 Å². The van der Waals surface area contributed by atoms with Gasteiger partial charge in [-0.3, -0.25) is 4.79 Å². The van der Waals surface area contributed by atoms with Crippen molar-refractivity contribution in [2.75, 3.05) is 33.9 Å². The van der Waals surface area contributed by atoms with Gasteiger partial charge in [0.2, 0.25) is 5.91 Å². The first kappa shape index (κ1) is 18.4. The van der Waals surface area contributed by atoms with Crippen LogP contribution in [0.15, 0.2) is 18.2 Å². The monoisotopic (exact) mass is 330 g/mol. The molecule has 2 rings (SSSR count). The number of amides is 1. The molecular formula is C15H23ClN2O4. The number of hydrogen-bond acceptors (Lipinski definition) is 5. The van der Waals surface area contributed by atoms with E-state index in [4.69, 9.17) is 14.2 Å². The van der Waals surface area contributed by atoms with Crippen LogP contribution in [0, 0.1) is 0 Å². The molecule has 2 N–H and O–H groups in total. The lowest BCUT2D eigenvalue weighted by Crippen LogP contribution is -2.41. The lowest BCUT2D eigenvalue weighted by Gasteiger charge is -2.13. The third-order valence-electron chi connectivity index (χ3n) is 3.37. The fourth-order valence-corrected chi connectivity index (χ4v) is 2.24. The summed E-state index contributed by atoms with van der Waals surface area (Å²) in [5.41, 5.74) is 0. The van der Waals surface area contributed by atoms with Crippen molar-refractivity contribution in [1.82, 2.24) is 10.6 Å². The van der Waals surface area contributed by atoms with Gasteiger partial charge in [0.1, 0.15) is 23.9 Å². The van der Waals surface area contributed by atoms with Gasteiger partial charge in [-0.15, -0.1) is 12.4 Å². The van der Waals surface area contributed by atoms with Crippen molar-refractivity contribution in [2.45, 2.75) is 18.9 Å². The average Bonchev–Trinajstić information content (AvgIpc) is 3.05. The maximum atomic E-state index is 11.8. The highest BCUT2D eigenvalue weighted by atomic mass is 35.5. The van der Waals surface area contributed by atoms with E-state index in [1.165, 1.54) is 0 Å². The predicted molar refractivity (Wildman–Crippen MR) is 86.3 cm³/mol. The molecule has 1 unspecified atom stereocenters. The van der Waals surface area contributed by atoms with Gasteiger partial charge < -0.3 is 24.8 Å². The van der Waals surface area contributed by atoms with E-state index < -0.39 is 0 Å². The Morgan fingerprint density at radius 3 is 2.41 bits per heavy atom. The minimum absolute atomic E-state index is 0. The zero-order valence-electron chi connectivity index (χ0n) is 12.9. The Hall–Kier alpha value is -1.66. The largest absolute Gasteiger partial charge is 0.496 e. The van der Waals surface area contributed by atoms with Crippen LogP contribution in [0.2, 0.25) is 0 Å². The number of rotatable bonds is 7. The highest BCUT2D eigenvalue weighted by Gasteiger charge is 2.21. The highest BCUT2D eigenvalue weighted by Crippen LogP contribution is 2.27. The Labute approximate surface area is 136 Å². The minimum Gasteiger partial charge on any atom is -0.496 e. The molecule has 6 nitrogen and oxygen atoms in total. The standard InChI is InChI=1S/C15H22N2O4.ClH/c1-19-11-8-12(20-2)10-13(9-11)21-7-6-17-15(18)14-4-3-5-16-14;/h8-10,14,16H,3-7H2,1-2H3,(H,17,18);1H. The molecule has 124 valence electrons. The number of benzene rings is 1. The van der Waals surface area contributed by atoms with Crippen molar-refractivity contribution >= 4 is 18.3 Å². The van der Waals surface area contributed by atoms with Crippen LogP contribution >= 0.6 is 12.4 Å². The van der Waals surface area contributed by atoms with E-state index >= 15 is 0 Å². The molecule has 1 aliphatic heterocycles. The van der Waals surface area contributed by atoms with Crippen LogP contribution < -0.4 is 24.8 Å². The summed E-state index contributed by atoms with van der Waals surface area (Å²) in [7, 11) is 3.18. The molecule has 1 aliphatic rings. The summed E-state index contributed by atoms with van der Waals surface area (Å²) in [5, 5.41) is 6.02. The quantitative estimate of drug-likeness (QED) is 0.739. The SMILES string of the molecule is COc1cc(OC)cc(OCCNC(=O)C2CCCN2)c1.Cl. The van der Waals surface area contributed by atoms with Crippen LogP contribution in [0.25, 0.3) is 0 Å². The van der Waals surface area contributed by atoms with E-state index in [-0.39, 0.29) is 24.4 Å². The van der Waals surface area contributed by atoms with Crippen molar-refractivity contribution < 1.29 is 19.0 Å². The summed E-state index contributed by atoms with van der Waals surface area (Å²) in [4.78, 5) is 11.8. The zero-order valence-corrected chi connectivity index (χ0v) is 13.7. The first-order chi connectivity index (χ1) is 10.2. The topological polar surface area (TPSA) is 68.8 Å². The Bertz CT molecular complexity index is 456. The van der Waals surface area contributed by atoms with Crippen molar-refractivity contribution in [3.05, 3.63) is 18.2 Å². The van der Waals surface area contributed by atoms with E-state index in [0.717, 1.165) is 19.4 Å². The molecule has 1 saturated heterocycles. The molecule has 0 saturated carbocycles. The first-order valence-electron chi connectivity index (χ1n) is 7.10. The lowest BCUT2D eigenvalue weighted by molar-refractivity contribution is -0.122. The second-order valence-electron chi connectivity index (χ2n) is 4.84. The van der Waals surface area contributed by atoms with Crippen molar-refractivity contribution in [3.63, 3.8) is 0 Å². The number of ether oxygens (including phenoxy) is 3. The fraction of sp³-hybridized carbons (Fsp3) is 0.533. The molecule has 1 amide bonds. The molecule has 1 atom stereocenters. The molecule has 0 radical (unpaired) electrons. The van der Waals surface area contributed by atoms with Crippen molar-refractivity contribution in [3.8, 4) is 17.2 Å². The van der Waals surface area contributed by atoms with Gasteiger partial charge in [0.15, 0.2) is 0 Å². The van der Waals surface area contributed by atoms with Gasteiger partial charge in [-0.1, -0.05) is 0 Å². The zero-order chi connectivity index (χ0) is 15.1. The molecule has 0 aromatic heterocycles. The first-order valence-corrected chi connectivity index (χ1v) is 7.10. The van der Waals surface area contributed by atoms with Crippen LogP contribution in [0.1, 0.15) is 12.8 Å². The highest BCUT2D eigenvalue weighted by molar-refractivity contribution is 5.85. The van der Waals surface area contributed by atoms with E-state index in [1.54, 1.807) is 32.4 Å². The number of carbonyl (C=O) groups excluding carboxylic acids is 1. The number of methoxy groups -OCH3 is 2. The normalized spacial score (nSPS) is 16.5. The summed E-state index contributed by atoms with van der Waals surface area (Å²) in [6.45, 7) is 1.78. The van der Waals surface area contributed by atoms with E-state index in [0.29, 0.717) is 30.4 Å². The van der Waals surface area contributed by atoms with E-state index in [9.17, 15) is 4.79 Å². The van der Waals surface area contributed by atoms with Gasteiger partial charge in [0.05, 0.1) is 26.8 Å². The minimum atomic E-state index is -0.0538. The van der Waals surface area contributed by atoms with Crippen LogP contribution in [-0.4, -0.2) is 45.9 Å². The van der Waals surface area contributed by atoms with Gasteiger partial charge in [-0.25, -0.2) is 0 Å². The Balaban J connectivity index is 0.00000242. The maximum absolute atomic E-state index is 11.8. The fourth-order valence-electron chi connectivity index (χ4n) is 2.24. The average molecular weight is 331 g/mol. The molecule has 7 heteroatoms. The van der Waals surface area contributed by atoms with Crippen LogP contribution in [0.4, 0.5) is 0 Å². The van der Waals surface area contributed by atoms with E-state index in [2.05, 4.69) is 10.6 Å². The van der Waals surface area contributed by atoms with Crippen molar-refractivity contribution in [1.29, 1.82) is 0 Å². The molecule has 1 heterocycles. The number of nitrogens with one attached hydrogen (secondary N) is 2. The van der Waals surface area contributed by atoms with E-state index in [1.807, 2.05) is 0 Å². The van der Waals surface area contributed by atoms with Crippen molar-refractivity contribution in [2.24, 2.45) is 0 Å². The number of carbonyl (C=O) groups is 1. The summed E-state index contributed by atoms with van der Waals surface area (Å²) in [6.07, 6.45) is 1.96. The Morgan fingerprint density at radius 2 is 1.86 bits per heavy atom. The van der Waals surface area contributed by atoms with Gasteiger partial charge in [0.25, 0.3) is 0 Å². The van der Waals surface area contributed by atoms with Crippen LogP contribution in [-0.2, 0) is 4.79 Å². The van der Waals surface area contributed by atoms with Gasteiger partial charge in [0, 0.05) is 18.2 Å². The molecule has 0 bridgehead atoms. The smallest absolute Gasteiger partial charge is 0.237 e. The van der Waals surface area contributed by atoms with Gasteiger partial charge >= 0.3 is 0 Å². The molecular weight excluding hydrogens is 308 g/mol. The summed E-state index contributed by atoms with van der Waals surface area (Å²) < 4.78 is 16.0. The molecule has 1 aromatic rings. The van der Waals surface area contributed by atoms with Crippen LogP contribution in [0.3, 0.4) is 0 Å². The Kier molecular flexibility index (Phi) is 7.84. The molecule has 1 fully saturated rings. The predicted octanol–water partition coefficient (Wildman–Crippen LogP) is 1.37. The Morgan fingerprint density at radius 1 is 1.23 bits per heavy atom. The molecule has 1 aromatic carbocycles. The van der Waals surface area contributed by atoms with Gasteiger partial charge in [-0.05, 0) is 19.4 Å². The molecule has 0 aliphatic carbocycles. The third kappa shape index (κ3) is 5.27. The summed E-state index contributed by atoms with van der Waals surface area (Å²) >= 11 is 0. The second kappa shape index (κ2) is 9.38. The summed E-state index contributed by atoms with van der Waals surface area (Å²) in [6, 6.07) is 5.29. The lowest BCUT2D eigenvalue weighted by atomic mass is 10.2. The molecule has 22 heavy (non-hydrogen) atoms. The summed E-state index contributed by atoms with van der Waals surface area (Å²) in [5.74, 6) is 2.03. The third-order valence-corrected chi connectivity index (χ3v) is 3.37. The number of hydrogen-bond donors (Lipinski definition) is 2. The second-order valence-corrected chi connectivity index (χ2v) is 4.84. The number of halogens is 1. The molecule has 0 spiro atoms. The van der Waals surface area contributed by atoms with Crippen LogP contribution in [0.5, 0.6) is 17.2 Å². The maximum Gasteiger partial charge on any atom is 0.237 e.